The fourth-order valence-electron chi connectivity index (χ4n) is 2.95. The minimum Gasteiger partial charge on any atom is -0.465 e. The molecule has 3 heteroatoms. The molecule has 0 fully saturated rings. The highest BCUT2D eigenvalue weighted by Crippen LogP contribution is 2.30. The normalized spacial score (nSPS) is 10.4. The van der Waals surface area contributed by atoms with Crippen LogP contribution in [0.4, 0.5) is 11.4 Å². The van der Waals surface area contributed by atoms with Gasteiger partial charge >= 0.3 is 5.97 Å². The van der Waals surface area contributed by atoms with Gasteiger partial charge in [0, 0.05) is 5.69 Å². The zero-order chi connectivity index (χ0) is 17.8. The molecule has 0 saturated heterocycles. The molecule has 0 aliphatic heterocycles. The molecule has 0 radical (unpaired) electrons. The molecule has 126 valence electrons. The van der Waals surface area contributed by atoms with Crippen LogP contribution in [0.15, 0.2) is 66.7 Å². The number of anilines is 2. The minimum atomic E-state index is -0.351. The number of hydrogen-bond donors (Lipinski definition) is 1. The summed E-state index contributed by atoms with van der Waals surface area (Å²) in [5, 5.41) is 3.32. The quantitative estimate of drug-likeness (QED) is 0.641. The number of rotatable bonds is 4. The summed E-state index contributed by atoms with van der Waals surface area (Å²) in [5.74, 6) is -0.351. The minimum absolute atomic E-state index is 0.351. The van der Waals surface area contributed by atoms with Gasteiger partial charge in [0.2, 0.25) is 0 Å². The molecule has 3 rings (SSSR count). The van der Waals surface area contributed by atoms with E-state index in [9.17, 15) is 4.79 Å². The maximum atomic E-state index is 11.9. The van der Waals surface area contributed by atoms with Crippen molar-refractivity contribution in [1.82, 2.24) is 0 Å². The molecule has 0 unspecified atom stereocenters. The summed E-state index contributed by atoms with van der Waals surface area (Å²) < 4.78 is 4.85. The summed E-state index contributed by atoms with van der Waals surface area (Å²) in [4.78, 5) is 11.9. The first-order valence-electron chi connectivity index (χ1n) is 8.21. The third-order valence-electron chi connectivity index (χ3n) is 4.27. The summed E-state index contributed by atoms with van der Waals surface area (Å²) in [5.41, 5.74) is 7.07. The lowest BCUT2D eigenvalue weighted by atomic mass is 9.96. The highest BCUT2D eigenvalue weighted by atomic mass is 16.5. The molecule has 0 aromatic heterocycles. The Morgan fingerprint density at radius 2 is 1.52 bits per heavy atom. The highest BCUT2D eigenvalue weighted by molar-refractivity contribution is 5.96. The van der Waals surface area contributed by atoms with Crippen LogP contribution in [0.1, 0.15) is 21.5 Å². The molecule has 0 aliphatic carbocycles. The molecule has 3 nitrogen and oxygen atoms in total. The molecule has 0 heterocycles. The van der Waals surface area contributed by atoms with Crippen LogP contribution in [0.3, 0.4) is 0 Å². The predicted molar refractivity (Wildman–Crippen MR) is 102 cm³/mol. The molecule has 0 saturated carbocycles. The maximum absolute atomic E-state index is 11.9. The van der Waals surface area contributed by atoms with E-state index in [1.807, 2.05) is 30.3 Å². The summed E-state index contributed by atoms with van der Waals surface area (Å²) in [6, 6.07) is 21.9. The molecular weight excluding hydrogens is 310 g/mol. The second-order valence-corrected chi connectivity index (χ2v) is 6.01. The Balaban J connectivity index is 1.93. The average Bonchev–Trinajstić information content (AvgIpc) is 2.62. The summed E-state index contributed by atoms with van der Waals surface area (Å²) in [6.07, 6.45) is 0. The molecule has 25 heavy (non-hydrogen) atoms. The Labute approximate surface area is 148 Å². The standard InChI is InChI=1S/C22H21NO2/c1-15-8-4-5-9-18(15)19-13-12-17(14-16(19)2)23-21-11-7-6-10-20(21)22(24)25-3/h4-14,23H,1-3H3. The van der Waals surface area contributed by atoms with Gasteiger partial charge in [-0.05, 0) is 60.4 Å². The molecule has 3 aromatic carbocycles. The number of aryl methyl sites for hydroxylation is 2. The summed E-state index contributed by atoms with van der Waals surface area (Å²) in [7, 11) is 1.39. The van der Waals surface area contributed by atoms with Gasteiger partial charge in [-0.25, -0.2) is 4.79 Å². The van der Waals surface area contributed by atoms with Crippen molar-refractivity contribution in [3.63, 3.8) is 0 Å². The lowest BCUT2D eigenvalue weighted by Crippen LogP contribution is -2.05. The van der Waals surface area contributed by atoms with Crippen molar-refractivity contribution in [3.05, 3.63) is 83.4 Å². The van der Waals surface area contributed by atoms with Crippen LogP contribution in [0.25, 0.3) is 11.1 Å². The summed E-state index contributed by atoms with van der Waals surface area (Å²) in [6.45, 7) is 4.21. The van der Waals surface area contributed by atoms with E-state index in [0.717, 1.165) is 11.4 Å². The molecule has 1 N–H and O–H groups in total. The van der Waals surface area contributed by atoms with E-state index in [1.54, 1.807) is 6.07 Å². The Morgan fingerprint density at radius 3 is 2.24 bits per heavy atom. The maximum Gasteiger partial charge on any atom is 0.339 e. The van der Waals surface area contributed by atoms with Gasteiger partial charge in [0.1, 0.15) is 0 Å². The number of hydrogen-bond acceptors (Lipinski definition) is 3. The zero-order valence-electron chi connectivity index (χ0n) is 14.7. The fourth-order valence-corrected chi connectivity index (χ4v) is 2.95. The first-order chi connectivity index (χ1) is 12.1. The van der Waals surface area contributed by atoms with Crippen LogP contribution in [0.2, 0.25) is 0 Å². The second-order valence-electron chi connectivity index (χ2n) is 6.01. The Morgan fingerprint density at radius 1 is 0.840 bits per heavy atom. The van der Waals surface area contributed by atoms with Gasteiger partial charge in [0.25, 0.3) is 0 Å². The van der Waals surface area contributed by atoms with E-state index in [4.69, 9.17) is 4.74 Å². The SMILES string of the molecule is COC(=O)c1ccccc1Nc1ccc(-c2ccccc2C)c(C)c1. The van der Waals surface area contributed by atoms with E-state index < -0.39 is 0 Å². The van der Waals surface area contributed by atoms with E-state index in [-0.39, 0.29) is 5.97 Å². The van der Waals surface area contributed by atoms with Crippen molar-refractivity contribution in [2.75, 3.05) is 12.4 Å². The van der Waals surface area contributed by atoms with Crippen molar-refractivity contribution >= 4 is 17.3 Å². The first-order valence-corrected chi connectivity index (χ1v) is 8.21. The average molecular weight is 331 g/mol. The first kappa shape index (κ1) is 16.8. The molecular formula is C22H21NO2. The zero-order valence-corrected chi connectivity index (χ0v) is 14.7. The van der Waals surface area contributed by atoms with Crippen LogP contribution in [0, 0.1) is 13.8 Å². The lowest BCUT2D eigenvalue weighted by molar-refractivity contribution is 0.0602. The number of esters is 1. The van der Waals surface area contributed by atoms with E-state index in [1.165, 1.54) is 29.4 Å². The number of methoxy groups -OCH3 is 1. The fraction of sp³-hybridized carbons (Fsp3) is 0.136. The van der Waals surface area contributed by atoms with Crippen LogP contribution in [0.5, 0.6) is 0 Å². The van der Waals surface area contributed by atoms with Gasteiger partial charge in [-0.2, -0.15) is 0 Å². The van der Waals surface area contributed by atoms with Gasteiger partial charge in [0.05, 0.1) is 18.4 Å². The van der Waals surface area contributed by atoms with Crippen LogP contribution < -0.4 is 5.32 Å². The van der Waals surface area contributed by atoms with Crippen LogP contribution in [-0.4, -0.2) is 13.1 Å². The number of carbonyl (C=O) groups is 1. The van der Waals surface area contributed by atoms with Crippen molar-refractivity contribution in [2.45, 2.75) is 13.8 Å². The number of carbonyl (C=O) groups excluding carboxylic acids is 1. The Bertz CT molecular complexity index is 915. The van der Waals surface area contributed by atoms with E-state index in [0.29, 0.717) is 5.56 Å². The second kappa shape index (κ2) is 7.22. The van der Waals surface area contributed by atoms with Gasteiger partial charge < -0.3 is 10.1 Å². The van der Waals surface area contributed by atoms with Gasteiger partial charge in [0.15, 0.2) is 0 Å². The van der Waals surface area contributed by atoms with Crippen molar-refractivity contribution < 1.29 is 9.53 Å². The molecule has 0 atom stereocenters. The Hall–Kier alpha value is -3.07. The van der Waals surface area contributed by atoms with E-state index >= 15 is 0 Å². The molecule has 0 bridgehead atoms. The van der Waals surface area contributed by atoms with Gasteiger partial charge in [-0.3, -0.25) is 0 Å². The molecule has 3 aromatic rings. The van der Waals surface area contributed by atoms with Crippen molar-refractivity contribution in [1.29, 1.82) is 0 Å². The predicted octanol–water partition coefficient (Wildman–Crippen LogP) is 5.50. The summed E-state index contributed by atoms with van der Waals surface area (Å²) >= 11 is 0. The number of benzene rings is 3. The lowest BCUT2D eigenvalue weighted by Gasteiger charge is -2.14. The van der Waals surface area contributed by atoms with Gasteiger partial charge in [-0.1, -0.05) is 42.5 Å². The van der Waals surface area contributed by atoms with Crippen molar-refractivity contribution in [2.24, 2.45) is 0 Å². The molecule has 0 spiro atoms. The smallest absolute Gasteiger partial charge is 0.339 e. The topological polar surface area (TPSA) is 38.3 Å². The molecule has 0 aliphatic rings. The van der Waals surface area contributed by atoms with Crippen molar-refractivity contribution in [3.8, 4) is 11.1 Å². The van der Waals surface area contributed by atoms with E-state index in [2.05, 4.69) is 49.5 Å². The third kappa shape index (κ3) is 3.56. The third-order valence-corrected chi connectivity index (χ3v) is 4.27. The van der Waals surface area contributed by atoms with Crippen LogP contribution >= 0.6 is 0 Å². The molecule has 0 amide bonds. The number of nitrogens with one attached hydrogen (secondary N) is 1. The largest absolute Gasteiger partial charge is 0.465 e. The Kier molecular flexibility index (Phi) is 4.85. The number of ether oxygens (including phenoxy) is 1. The highest BCUT2D eigenvalue weighted by Gasteiger charge is 2.12. The van der Waals surface area contributed by atoms with Gasteiger partial charge in [-0.15, -0.1) is 0 Å². The van der Waals surface area contributed by atoms with Crippen LogP contribution in [-0.2, 0) is 4.74 Å². The number of para-hydroxylation sites is 1. The monoisotopic (exact) mass is 331 g/mol.